The van der Waals surface area contributed by atoms with Crippen molar-refractivity contribution < 1.29 is 20.1 Å². The largest absolute Gasteiger partial charge is 0.480 e. The van der Waals surface area contributed by atoms with E-state index in [2.05, 4.69) is 0 Å². The maximum Gasteiger partial charge on any atom is 0.323 e. The van der Waals surface area contributed by atoms with Crippen LogP contribution in [0.3, 0.4) is 0 Å². The molecule has 0 heterocycles. The van der Waals surface area contributed by atoms with Crippen LogP contribution in [0.1, 0.15) is 20.8 Å². The minimum atomic E-state index is -0.799. The smallest absolute Gasteiger partial charge is 0.323 e. The molecule has 5 nitrogen and oxygen atoms in total. The summed E-state index contributed by atoms with van der Waals surface area (Å²) in [5.41, 5.74) is -0.750. The molecule has 0 aliphatic heterocycles. The Morgan fingerprint density at radius 1 is 1.43 bits per heavy atom. The highest BCUT2D eigenvalue weighted by molar-refractivity contribution is 5.77. The lowest BCUT2D eigenvalue weighted by molar-refractivity contribution is -0.147. The third-order valence-electron chi connectivity index (χ3n) is 1.91. The summed E-state index contributed by atoms with van der Waals surface area (Å²) in [4.78, 5) is 12.1. The van der Waals surface area contributed by atoms with Gasteiger partial charge in [-0.1, -0.05) is 0 Å². The molecule has 0 aromatic carbocycles. The lowest BCUT2D eigenvalue weighted by Crippen LogP contribution is -2.45. The van der Waals surface area contributed by atoms with Gasteiger partial charge in [-0.25, -0.2) is 0 Å². The summed E-state index contributed by atoms with van der Waals surface area (Å²) in [6.07, 6.45) is -0.560. The van der Waals surface area contributed by atoms with Gasteiger partial charge in [0.2, 0.25) is 0 Å². The van der Waals surface area contributed by atoms with Crippen LogP contribution >= 0.6 is 0 Å². The minimum Gasteiger partial charge on any atom is -0.480 e. The van der Waals surface area contributed by atoms with Crippen LogP contribution in [0.2, 0.25) is 0 Å². The predicted molar refractivity (Wildman–Crippen MR) is 54.2 cm³/mol. The van der Waals surface area contributed by atoms with Crippen LogP contribution in [0.4, 0.5) is 0 Å². The van der Waals surface area contributed by atoms with Crippen molar-refractivity contribution in [2.45, 2.75) is 32.4 Å². The maximum absolute atomic E-state index is 10.4. The zero-order chi connectivity index (χ0) is 11.9. The van der Waals surface area contributed by atoms with Crippen LogP contribution in [-0.4, -0.2) is 58.5 Å². The average molecular weight is 207 g/mol. The number of nitrogens with zero attached hydrogens (tertiary/aromatic N) is 1. The Labute approximate surface area is 85.0 Å². The maximum atomic E-state index is 10.4. The first kappa shape index (κ1) is 15.8. The molecule has 0 saturated heterocycles. The Kier molecular flexibility index (Phi) is 7.62. The standard InChI is InChI=1S/C6H13NO2.C3H8O2/c1-6(2,5(8)9)7(3)4;1-3(5)2-4/h1-4H3,(H,8,9);3-5H,2H2,1H3. The van der Waals surface area contributed by atoms with E-state index in [9.17, 15) is 4.79 Å². The fourth-order valence-corrected chi connectivity index (χ4v) is 0.191. The van der Waals surface area contributed by atoms with Crippen LogP contribution < -0.4 is 0 Å². The quantitative estimate of drug-likeness (QED) is 0.595. The van der Waals surface area contributed by atoms with Gasteiger partial charge in [-0.05, 0) is 34.9 Å². The second-order valence-corrected chi connectivity index (χ2v) is 3.79. The van der Waals surface area contributed by atoms with Gasteiger partial charge in [0.05, 0.1) is 12.7 Å². The number of hydrogen-bond acceptors (Lipinski definition) is 4. The zero-order valence-electron chi connectivity index (χ0n) is 9.48. The number of carboxylic acids is 1. The second kappa shape index (κ2) is 6.75. The second-order valence-electron chi connectivity index (χ2n) is 3.79. The van der Waals surface area contributed by atoms with Crippen molar-refractivity contribution in [3.05, 3.63) is 0 Å². The van der Waals surface area contributed by atoms with E-state index >= 15 is 0 Å². The summed E-state index contributed by atoms with van der Waals surface area (Å²) in [5.74, 6) is -0.799. The molecule has 86 valence electrons. The molecular weight excluding hydrogens is 186 g/mol. The highest BCUT2D eigenvalue weighted by atomic mass is 16.4. The van der Waals surface area contributed by atoms with Gasteiger partial charge in [-0.2, -0.15) is 0 Å². The molecule has 1 atom stereocenters. The van der Waals surface area contributed by atoms with E-state index in [4.69, 9.17) is 15.3 Å². The fraction of sp³-hybridized carbons (Fsp3) is 0.889. The molecule has 0 aromatic heterocycles. The number of aliphatic hydroxyl groups excluding tert-OH is 2. The SMILES string of the molecule is CC(O)CO.CN(C)C(C)(C)C(=O)O. The summed E-state index contributed by atoms with van der Waals surface area (Å²) >= 11 is 0. The molecule has 0 radical (unpaired) electrons. The summed E-state index contributed by atoms with van der Waals surface area (Å²) in [6, 6.07) is 0. The molecule has 5 heteroatoms. The van der Waals surface area contributed by atoms with Gasteiger partial charge < -0.3 is 15.3 Å². The third kappa shape index (κ3) is 6.82. The van der Waals surface area contributed by atoms with Crippen molar-refractivity contribution in [1.29, 1.82) is 0 Å². The molecule has 0 saturated carbocycles. The fourth-order valence-electron chi connectivity index (χ4n) is 0.191. The molecule has 1 unspecified atom stereocenters. The van der Waals surface area contributed by atoms with Crippen molar-refractivity contribution in [3.8, 4) is 0 Å². The summed E-state index contributed by atoms with van der Waals surface area (Å²) < 4.78 is 0. The first-order chi connectivity index (χ1) is 6.16. The van der Waals surface area contributed by atoms with Gasteiger partial charge in [-0.15, -0.1) is 0 Å². The molecule has 0 fully saturated rings. The Morgan fingerprint density at radius 3 is 1.71 bits per heavy atom. The van der Waals surface area contributed by atoms with Crippen molar-refractivity contribution in [2.24, 2.45) is 0 Å². The normalized spacial score (nSPS) is 13.1. The van der Waals surface area contributed by atoms with Gasteiger partial charge in [0.1, 0.15) is 5.54 Å². The lowest BCUT2D eigenvalue weighted by atomic mass is 10.1. The molecule has 0 rings (SSSR count). The van der Waals surface area contributed by atoms with Crippen molar-refractivity contribution in [2.75, 3.05) is 20.7 Å². The number of carboxylic acid groups (broad SMARTS) is 1. The van der Waals surface area contributed by atoms with Crippen molar-refractivity contribution in [1.82, 2.24) is 4.90 Å². The van der Waals surface area contributed by atoms with Crippen LogP contribution in [0.5, 0.6) is 0 Å². The summed E-state index contributed by atoms with van der Waals surface area (Å²) in [7, 11) is 3.49. The van der Waals surface area contributed by atoms with E-state index in [0.29, 0.717) is 0 Å². The van der Waals surface area contributed by atoms with Crippen molar-refractivity contribution >= 4 is 5.97 Å². The van der Waals surface area contributed by atoms with E-state index in [-0.39, 0.29) is 6.61 Å². The van der Waals surface area contributed by atoms with Gasteiger partial charge in [0.15, 0.2) is 0 Å². The summed E-state index contributed by atoms with van der Waals surface area (Å²) in [5, 5.41) is 24.6. The molecule has 3 N–H and O–H groups in total. The predicted octanol–water partition coefficient (Wildman–Crippen LogP) is -0.229. The molecule has 0 spiro atoms. The van der Waals surface area contributed by atoms with Gasteiger partial charge in [0, 0.05) is 0 Å². The number of aliphatic carboxylic acids is 1. The third-order valence-corrected chi connectivity index (χ3v) is 1.91. The highest BCUT2D eigenvalue weighted by Crippen LogP contribution is 2.08. The Hall–Kier alpha value is -0.650. The molecule has 0 aliphatic carbocycles. The summed E-state index contributed by atoms with van der Waals surface area (Å²) in [6.45, 7) is 4.71. The zero-order valence-corrected chi connectivity index (χ0v) is 9.48. The van der Waals surface area contributed by atoms with E-state index in [0.717, 1.165) is 0 Å². The minimum absolute atomic E-state index is 0.139. The molecular formula is C9H21NO4. The number of hydrogen-bond donors (Lipinski definition) is 3. The van der Waals surface area contributed by atoms with Crippen LogP contribution in [0.25, 0.3) is 0 Å². The van der Waals surface area contributed by atoms with Crippen LogP contribution in [0, 0.1) is 0 Å². The van der Waals surface area contributed by atoms with Crippen LogP contribution in [0.15, 0.2) is 0 Å². The topological polar surface area (TPSA) is 81.0 Å². The Balaban J connectivity index is 0. The first-order valence-corrected chi connectivity index (χ1v) is 4.36. The molecule has 0 amide bonds. The average Bonchev–Trinajstić information content (AvgIpc) is 2.04. The Bertz CT molecular complexity index is 166. The molecule has 0 bridgehead atoms. The monoisotopic (exact) mass is 207 g/mol. The van der Waals surface area contributed by atoms with Gasteiger partial charge >= 0.3 is 5.97 Å². The van der Waals surface area contributed by atoms with Crippen molar-refractivity contribution in [3.63, 3.8) is 0 Å². The lowest BCUT2D eigenvalue weighted by Gasteiger charge is -2.27. The van der Waals surface area contributed by atoms with E-state index < -0.39 is 17.6 Å². The van der Waals surface area contributed by atoms with E-state index in [1.54, 1.807) is 32.8 Å². The molecule has 0 aromatic rings. The van der Waals surface area contributed by atoms with Crippen LogP contribution in [-0.2, 0) is 4.79 Å². The Morgan fingerprint density at radius 2 is 1.71 bits per heavy atom. The first-order valence-electron chi connectivity index (χ1n) is 4.36. The highest BCUT2D eigenvalue weighted by Gasteiger charge is 2.28. The number of carbonyl (C=O) groups is 1. The number of rotatable bonds is 3. The van der Waals surface area contributed by atoms with E-state index in [1.807, 2.05) is 0 Å². The number of likely N-dealkylation sites (N-methyl/N-ethyl adjacent to an activating group) is 1. The molecule has 0 aliphatic rings. The van der Waals surface area contributed by atoms with Gasteiger partial charge in [-0.3, -0.25) is 9.69 Å². The number of aliphatic hydroxyl groups is 2. The van der Waals surface area contributed by atoms with Gasteiger partial charge in [0.25, 0.3) is 0 Å². The van der Waals surface area contributed by atoms with E-state index in [1.165, 1.54) is 6.92 Å². The molecule has 14 heavy (non-hydrogen) atoms.